The van der Waals surface area contributed by atoms with Crippen molar-refractivity contribution in [2.24, 2.45) is 0 Å². The summed E-state index contributed by atoms with van der Waals surface area (Å²) in [6.07, 6.45) is 0. The number of sulfonamides is 1. The number of amides is 1. The molecule has 27 heavy (non-hydrogen) atoms. The second-order valence-corrected chi connectivity index (χ2v) is 8.01. The third-order valence-electron chi connectivity index (χ3n) is 4.15. The Bertz CT molecular complexity index is 922. The molecule has 0 aliphatic rings. The Morgan fingerprint density at radius 2 is 1.56 bits per heavy atom. The van der Waals surface area contributed by atoms with E-state index in [1.165, 1.54) is 36.2 Å². The van der Waals surface area contributed by atoms with E-state index in [0.717, 1.165) is 9.87 Å². The summed E-state index contributed by atoms with van der Waals surface area (Å²) < 4.78 is 26.6. The molecule has 0 aliphatic carbocycles. The highest BCUT2D eigenvalue weighted by Gasteiger charge is 2.22. The summed E-state index contributed by atoms with van der Waals surface area (Å²) in [5.74, 6) is -1.51. The van der Waals surface area contributed by atoms with Gasteiger partial charge in [-0.05, 0) is 50.2 Å². The molecule has 0 heterocycles. The first-order chi connectivity index (χ1) is 12.7. The van der Waals surface area contributed by atoms with Crippen molar-refractivity contribution in [1.82, 2.24) is 4.90 Å². The van der Waals surface area contributed by atoms with E-state index in [2.05, 4.69) is 0 Å². The van der Waals surface area contributed by atoms with Gasteiger partial charge in [-0.15, -0.1) is 0 Å². The molecule has 1 amide bonds. The minimum atomic E-state index is -3.72. The Kier molecular flexibility index (Phi) is 6.22. The van der Waals surface area contributed by atoms with Crippen LogP contribution in [0.3, 0.4) is 0 Å². The lowest BCUT2D eigenvalue weighted by molar-refractivity contribution is -0.137. The maximum atomic E-state index is 12.7. The van der Waals surface area contributed by atoms with Gasteiger partial charge in [0.15, 0.2) is 0 Å². The van der Waals surface area contributed by atoms with E-state index in [9.17, 15) is 18.0 Å². The van der Waals surface area contributed by atoms with Crippen LogP contribution >= 0.6 is 0 Å². The number of hydrogen-bond donors (Lipinski definition) is 1. The summed E-state index contributed by atoms with van der Waals surface area (Å²) in [5.41, 5.74) is 1.65. The molecule has 0 spiro atoms. The lowest BCUT2D eigenvalue weighted by atomic mass is 10.2. The zero-order valence-electron chi connectivity index (χ0n) is 15.4. The van der Waals surface area contributed by atoms with Gasteiger partial charge in [0.1, 0.15) is 6.54 Å². The van der Waals surface area contributed by atoms with E-state index >= 15 is 0 Å². The van der Waals surface area contributed by atoms with Crippen LogP contribution in [0.2, 0.25) is 0 Å². The standard InChI is InChI=1S/C19H22N2O5S/c1-4-21(13-18(22)23)19(24)15-7-9-16(10-8-15)20(3)27(25,26)17-11-5-14(2)6-12-17/h5-12H,4,13H2,1-3H3,(H,22,23). The Hall–Kier alpha value is -2.87. The van der Waals surface area contributed by atoms with Crippen molar-refractivity contribution in [3.8, 4) is 0 Å². The van der Waals surface area contributed by atoms with Crippen LogP contribution in [0.15, 0.2) is 53.4 Å². The van der Waals surface area contributed by atoms with Crippen molar-refractivity contribution in [3.05, 3.63) is 59.7 Å². The first kappa shape index (κ1) is 20.4. The van der Waals surface area contributed by atoms with Crippen LogP contribution in [0.4, 0.5) is 5.69 Å². The molecule has 2 aromatic rings. The van der Waals surface area contributed by atoms with Crippen LogP contribution in [0.5, 0.6) is 0 Å². The highest BCUT2D eigenvalue weighted by Crippen LogP contribution is 2.23. The lowest BCUT2D eigenvalue weighted by Crippen LogP contribution is -2.35. The smallest absolute Gasteiger partial charge is 0.323 e. The van der Waals surface area contributed by atoms with Crippen molar-refractivity contribution >= 4 is 27.6 Å². The first-order valence-electron chi connectivity index (χ1n) is 8.33. The zero-order chi connectivity index (χ0) is 20.2. The van der Waals surface area contributed by atoms with Gasteiger partial charge in [-0.1, -0.05) is 17.7 Å². The number of likely N-dealkylation sites (N-methyl/N-ethyl adjacent to an activating group) is 1. The van der Waals surface area contributed by atoms with Gasteiger partial charge in [-0.2, -0.15) is 0 Å². The van der Waals surface area contributed by atoms with Gasteiger partial charge in [0.2, 0.25) is 0 Å². The Balaban J connectivity index is 2.24. The largest absolute Gasteiger partial charge is 0.480 e. The number of nitrogens with zero attached hydrogens (tertiary/aromatic N) is 2. The summed E-state index contributed by atoms with van der Waals surface area (Å²) in [6, 6.07) is 12.6. The Morgan fingerprint density at radius 1 is 1.00 bits per heavy atom. The number of carboxylic acid groups (broad SMARTS) is 1. The summed E-state index contributed by atoms with van der Waals surface area (Å²) in [4.78, 5) is 24.6. The second kappa shape index (κ2) is 8.22. The number of carbonyl (C=O) groups is 2. The molecule has 0 atom stereocenters. The number of benzene rings is 2. The third kappa shape index (κ3) is 4.65. The van der Waals surface area contributed by atoms with Gasteiger partial charge in [0.05, 0.1) is 10.6 Å². The van der Waals surface area contributed by atoms with E-state index in [1.54, 1.807) is 31.2 Å². The summed E-state index contributed by atoms with van der Waals surface area (Å²) >= 11 is 0. The van der Waals surface area contributed by atoms with Crippen molar-refractivity contribution < 1.29 is 23.1 Å². The van der Waals surface area contributed by atoms with Gasteiger partial charge in [-0.3, -0.25) is 13.9 Å². The Morgan fingerprint density at radius 3 is 2.04 bits per heavy atom. The molecule has 2 rings (SSSR count). The van der Waals surface area contributed by atoms with Crippen LogP contribution in [0, 0.1) is 6.92 Å². The van der Waals surface area contributed by atoms with Gasteiger partial charge >= 0.3 is 5.97 Å². The van der Waals surface area contributed by atoms with Crippen LogP contribution < -0.4 is 4.31 Å². The SMILES string of the molecule is CCN(CC(=O)O)C(=O)c1ccc(N(C)S(=O)(=O)c2ccc(C)cc2)cc1. The molecule has 0 unspecified atom stereocenters. The second-order valence-electron chi connectivity index (χ2n) is 6.05. The minimum absolute atomic E-state index is 0.175. The molecular weight excluding hydrogens is 368 g/mol. The van der Waals surface area contributed by atoms with E-state index in [0.29, 0.717) is 11.3 Å². The van der Waals surface area contributed by atoms with Crippen LogP contribution in [0.25, 0.3) is 0 Å². The monoisotopic (exact) mass is 390 g/mol. The third-order valence-corrected chi connectivity index (χ3v) is 5.95. The maximum Gasteiger partial charge on any atom is 0.323 e. The van der Waals surface area contributed by atoms with Crippen molar-refractivity contribution in [2.45, 2.75) is 18.7 Å². The van der Waals surface area contributed by atoms with Crippen molar-refractivity contribution in [2.75, 3.05) is 24.4 Å². The molecule has 144 valence electrons. The van der Waals surface area contributed by atoms with Gasteiger partial charge in [0, 0.05) is 19.2 Å². The number of rotatable bonds is 7. The van der Waals surface area contributed by atoms with Crippen LogP contribution in [0.1, 0.15) is 22.8 Å². The molecule has 0 aliphatic heterocycles. The molecule has 2 aromatic carbocycles. The van der Waals surface area contributed by atoms with E-state index in [4.69, 9.17) is 5.11 Å². The predicted octanol–water partition coefficient (Wildman–Crippen LogP) is 2.37. The average Bonchev–Trinajstić information content (AvgIpc) is 2.65. The summed E-state index contributed by atoms with van der Waals surface area (Å²) in [5, 5.41) is 8.88. The molecule has 8 heteroatoms. The van der Waals surface area contributed by atoms with E-state index in [1.807, 2.05) is 6.92 Å². The zero-order valence-corrected chi connectivity index (χ0v) is 16.2. The van der Waals surface area contributed by atoms with E-state index in [-0.39, 0.29) is 11.4 Å². The number of carbonyl (C=O) groups excluding carboxylic acids is 1. The summed E-state index contributed by atoms with van der Waals surface area (Å²) in [7, 11) is -2.28. The number of anilines is 1. The number of aryl methyl sites for hydroxylation is 1. The molecule has 0 fully saturated rings. The highest BCUT2D eigenvalue weighted by molar-refractivity contribution is 7.92. The van der Waals surface area contributed by atoms with Crippen molar-refractivity contribution in [3.63, 3.8) is 0 Å². The van der Waals surface area contributed by atoms with Gasteiger partial charge in [-0.25, -0.2) is 8.42 Å². The summed E-state index contributed by atoms with van der Waals surface area (Å²) in [6.45, 7) is 3.43. The first-order valence-corrected chi connectivity index (χ1v) is 9.77. The van der Waals surface area contributed by atoms with E-state index < -0.39 is 28.4 Å². The fourth-order valence-corrected chi connectivity index (χ4v) is 3.69. The fraction of sp³-hybridized carbons (Fsp3) is 0.263. The molecule has 0 radical (unpaired) electrons. The van der Waals surface area contributed by atoms with Crippen molar-refractivity contribution in [1.29, 1.82) is 0 Å². The minimum Gasteiger partial charge on any atom is -0.480 e. The molecular formula is C19H22N2O5S. The normalized spacial score (nSPS) is 11.1. The topological polar surface area (TPSA) is 95.0 Å². The lowest BCUT2D eigenvalue weighted by Gasteiger charge is -2.21. The van der Waals surface area contributed by atoms with Crippen LogP contribution in [-0.4, -0.2) is 50.4 Å². The average molecular weight is 390 g/mol. The molecule has 0 saturated heterocycles. The molecule has 0 saturated carbocycles. The van der Waals surface area contributed by atoms with Gasteiger partial charge < -0.3 is 10.0 Å². The highest BCUT2D eigenvalue weighted by atomic mass is 32.2. The number of aliphatic carboxylic acids is 1. The fourth-order valence-electron chi connectivity index (χ4n) is 2.49. The van der Waals surface area contributed by atoms with Gasteiger partial charge in [0.25, 0.3) is 15.9 Å². The molecule has 1 N–H and O–H groups in total. The Labute approximate surface area is 158 Å². The molecule has 0 bridgehead atoms. The quantitative estimate of drug-likeness (QED) is 0.783. The predicted molar refractivity (Wildman–Crippen MR) is 102 cm³/mol. The molecule has 0 aromatic heterocycles. The maximum absolute atomic E-state index is 12.7. The number of carboxylic acids is 1. The van der Waals surface area contributed by atoms with Crippen LogP contribution in [-0.2, 0) is 14.8 Å². The number of hydrogen-bond acceptors (Lipinski definition) is 4. The molecule has 7 nitrogen and oxygen atoms in total.